The van der Waals surface area contributed by atoms with Crippen LogP contribution in [0.3, 0.4) is 0 Å². The van der Waals surface area contributed by atoms with E-state index in [1.165, 1.54) is 11.3 Å². The van der Waals surface area contributed by atoms with Gasteiger partial charge >= 0.3 is 6.03 Å². The Morgan fingerprint density at radius 1 is 1.35 bits per heavy atom. The zero-order valence-corrected chi connectivity index (χ0v) is 11.9. The quantitative estimate of drug-likeness (QED) is 0.924. The maximum atomic E-state index is 12.3. The normalized spacial score (nSPS) is 22.5. The molecule has 0 unspecified atom stereocenters. The van der Waals surface area contributed by atoms with Crippen molar-refractivity contribution in [2.24, 2.45) is 0 Å². The summed E-state index contributed by atoms with van der Waals surface area (Å²) in [5, 5.41) is 3.76. The molecule has 6 nitrogen and oxygen atoms in total. The highest BCUT2D eigenvalue weighted by Crippen LogP contribution is 2.44. The van der Waals surface area contributed by atoms with Gasteiger partial charge in [0.25, 0.3) is 0 Å². The number of thiazole rings is 1. The van der Waals surface area contributed by atoms with E-state index in [-0.39, 0.29) is 18.5 Å². The van der Waals surface area contributed by atoms with Crippen LogP contribution in [0, 0.1) is 0 Å². The van der Waals surface area contributed by atoms with Gasteiger partial charge in [0.1, 0.15) is 11.5 Å². The standard InChI is InChI=1S/C13H16N4O2S/c18-10-5-16(7-17(10)9-3-4-9)13(19)15-12-11(8-1-2-8)14-6-20-12/h6,8-9H,1-5,7H2,(H,15,19). The van der Waals surface area contributed by atoms with E-state index in [4.69, 9.17) is 0 Å². The molecule has 1 aromatic heterocycles. The lowest BCUT2D eigenvalue weighted by Crippen LogP contribution is -2.35. The van der Waals surface area contributed by atoms with Gasteiger partial charge in [0, 0.05) is 12.0 Å². The molecule has 0 radical (unpaired) electrons. The Morgan fingerprint density at radius 2 is 2.15 bits per heavy atom. The third-order valence-electron chi connectivity index (χ3n) is 4.02. The van der Waals surface area contributed by atoms with Crippen LogP contribution >= 0.6 is 11.3 Å². The van der Waals surface area contributed by atoms with E-state index >= 15 is 0 Å². The van der Waals surface area contributed by atoms with E-state index in [1.807, 2.05) is 4.90 Å². The van der Waals surface area contributed by atoms with E-state index in [0.717, 1.165) is 36.4 Å². The molecule has 1 aliphatic heterocycles. The highest BCUT2D eigenvalue weighted by molar-refractivity contribution is 7.14. The molecular weight excluding hydrogens is 276 g/mol. The smallest absolute Gasteiger partial charge is 0.320 e. The third-order valence-corrected chi connectivity index (χ3v) is 4.78. The number of nitrogens with zero attached hydrogens (tertiary/aromatic N) is 3. The summed E-state index contributed by atoms with van der Waals surface area (Å²) < 4.78 is 0. The van der Waals surface area contributed by atoms with Crippen LogP contribution in [-0.2, 0) is 4.79 Å². The Hall–Kier alpha value is -1.63. The summed E-state index contributed by atoms with van der Waals surface area (Å²) in [6, 6.07) is 0.179. The Bertz CT molecular complexity index is 564. The van der Waals surface area contributed by atoms with Crippen molar-refractivity contribution in [3.8, 4) is 0 Å². The highest BCUT2D eigenvalue weighted by Gasteiger charge is 2.40. The van der Waals surface area contributed by atoms with Gasteiger partial charge in [0.05, 0.1) is 17.9 Å². The lowest BCUT2D eigenvalue weighted by Gasteiger charge is -2.17. The van der Waals surface area contributed by atoms with Gasteiger partial charge in [0.2, 0.25) is 5.91 Å². The van der Waals surface area contributed by atoms with Gasteiger partial charge in [0.15, 0.2) is 0 Å². The molecule has 7 heteroatoms. The van der Waals surface area contributed by atoms with Gasteiger partial charge in [-0.3, -0.25) is 15.0 Å². The topological polar surface area (TPSA) is 65.5 Å². The molecule has 1 aromatic rings. The second kappa shape index (κ2) is 4.44. The molecule has 4 rings (SSSR count). The average Bonchev–Trinajstić information content (AvgIpc) is 3.36. The molecule has 3 amide bonds. The van der Waals surface area contributed by atoms with E-state index in [2.05, 4.69) is 10.3 Å². The first-order valence-corrected chi connectivity index (χ1v) is 7.89. The maximum absolute atomic E-state index is 12.3. The van der Waals surface area contributed by atoms with Crippen LogP contribution in [0.5, 0.6) is 0 Å². The first kappa shape index (κ1) is 12.1. The number of carbonyl (C=O) groups excluding carboxylic acids is 2. The van der Waals surface area contributed by atoms with Crippen molar-refractivity contribution in [1.29, 1.82) is 0 Å². The first-order valence-electron chi connectivity index (χ1n) is 7.01. The van der Waals surface area contributed by atoms with Crippen LogP contribution in [0.15, 0.2) is 5.51 Å². The zero-order valence-electron chi connectivity index (χ0n) is 11.0. The van der Waals surface area contributed by atoms with Gasteiger partial charge < -0.3 is 4.90 Å². The number of aromatic nitrogens is 1. The molecule has 2 saturated carbocycles. The molecule has 1 N–H and O–H groups in total. The summed E-state index contributed by atoms with van der Waals surface area (Å²) in [4.78, 5) is 31.8. The van der Waals surface area contributed by atoms with E-state index < -0.39 is 0 Å². The number of anilines is 1. The van der Waals surface area contributed by atoms with Gasteiger partial charge in [-0.15, -0.1) is 11.3 Å². The Kier molecular flexibility index (Phi) is 2.70. The van der Waals surface area contributed by atoms with Crippen LogP contribution in [0.4, 0.5) is 9.80 Å². The summed E-state index contributed by atoms with van der Waals surface area (Å²) in [6.07, 6.45) is 4.46. The molecule has 0 aromatic carbocycles. The molecule has 2 aliphatic carbocycles. The Labute approximate surface area is 120 Å². The molecule has 3 aliphatic rings. The van der Waals surface area contributed by atoms with Crippen LogP contribution in [0.25, 0.3) is 0 Å². The van der Waals surface area contributed by atoms with E-state index in [1.54, 1.807) is 10.4 Å². The van der Waals surface area contributed by atoms with Crippen molar-refractivity contribution in [2.45, 2.75) is 37.6 Å². The summed E-state index contributed by atoms with van der Waals surface area (Å²) >= 11 is 1.46. The number of nitrogens with one attached hydrogen (secondary N) is 1. The minimum absolute atomic E-state index is 0.0642. The van der Waals surface area contributed by atoms with Gasteiger partial charge in [-0.1, -0.05) is 0 Å². The monoisotopic (exact) mass is 292 g/mol. The van der Waals surface area contributed by atoms with Crippen molar-refractivity contribution in [2.75, 3.05) is 18.5 Å². The van der Waals surface area contributed by atoms with Crippen LogP contribution in [0.1, 0.15) is 37.3 Å². The predicted molar refractivity (Wildman–Crippen MR) is 74.5 cm³/mol. The predicted octanol–water partition coefficient (Wildman–Crippen LogP) is 1.82. The minimum Gasteiger partial charge on any atom is -0.320 e. The van der Waals surface area contributed by atoms with Crippen LogP contribution < -0.4 is 5.32 Å². The molecule has 0 bridgehead atoms. The van der Waals surface area contributed by atoms with Crippen molar-refractivity contribution in [1.82, 2.24) is 14.8 Å². The minimum atomic E-state index is -0.187. The van der Waals surface area contributed by atoms with Crippen LogP contribution in [-0.4, -0.2) is 46.0 Å². The number of amides is 3. The molecule has 20 heavy (non-hydrogen) atoms. The molecule has 0 spiro atoms. The van der Waals surface area contributed by atoms with Crippen LogP contribution in [0.2, 0.25) is 0 Å². The number of carbonyl (C=O) groups is 2. The SMILES string of the molecule is O=C(Nc1scnc1C1CC1)N1CC(=O)N(C2CC2)C1. The molecule has 0 atom stereocenters. The van der Waals surface area contributed by atoms with E-state index in [9.17, 15) is 9.59 Å². The second-order valence-corrected chi connectivity index (χ2v) is 6.56. The van der Waals surface area contributed by atoms with Crippen molar-refractivity contribution in [3.63, 3.8) is 0 Å². The molecule has 106 valence electrons. The number of hydrogen-bond donors (Lipinski definition) is 1. The van der Waals surface area contributed by atoms with Crippen molar-refractivity contribution >= 4 is 28.3 Å². The fourth-order valence-corrected chi connectivity index (χ4v) is 3.34. The summed E-state index contributed by atoms with van der Waals surface area (Å²) in [5.74, 6) is 0.578. The summed E-state index contributed by atoms with van der Waals surface area (Å²) in [7, 11) is 0. The molecule has 1 saturated heterocycles. The Morgan fingerprint density at radius 3 is 2.85 bits per heavy atom. The lowest BCUT2D eigenvalue weighted by molar-refractivity contribution is -0.127. The maximum Gasteiger partial charge on any atom is 0.324 e. The molecular formula is C13H16N4O2S. The fourth-order valence-electron chi connectivity index (χ4n) is 2.58. The first-order chi connectivity index (χ1) is 9.72. The lowest BCUT2D eigenvalue weighted by atomic mass is 10.3. The number of hydrogen-bond acceptors (Lipinski definition) is 4. The molecule has 3 fully saturated rings. The number of urea groups is 1. The fraction of sp³-hybridized carbons (Fsp3) is 0.615. The van der Waals surface area contributed by atoms with Crippen molar-refractivity contribution < 1.29 is 9.59 Å². The Balaban J connectivity index is 1.42. The third kappa shape index (κ3) is 2.15. The zero-order chi connectivity index (χ0) is 13.7. The highest BCUT2D eigenvalue weighted by atomic mass is 32.1. The summed E-state index contributed by atoms with van der Waals surface area (Å²) in [6.45, 7) is 0.618. The average molecular weight is 292 g/mol. The van der Waals surface area contributed by atoms with Gasteiger partial charge in [-0.05, 0) is 25.7 Å². The van der Waals surface area contributed by atoms with E-state index in [0.29, 0.717) is 18.6 Å². The van der Waals surface area contributed by atoms with Crippen molar-refractivity contribution in [3.05, 3.63) is 11.2 Å². The number of rotatable bonds is 3. The van der Waals surface area contributed by atoms with Gasteiger partial charge in [-0.25, -0.2) is 9.78 Å². The summed E-state index contributed by atoms with van der Waals surface area (Å²) in [5.41, 5.74) is 2.78. The second-order valence-electron chi connectivity index (χ2n) is 5.71. The molecule has 2 heterocycles. The largest absolute Gasteiger partial charge is 0.324 e. The van der Waals surface area contributed by atoms with Gasteiger partial charge in [-0.2, -0.15) is 0 Å².